The summed E-state index contributed by atoms with van der Waals surface area (Å²) < 4.78 is 34.4. The van der Waals surface area contributed by atoms with Gasteiger partial charge in [0.25, 0.3) is 0 Å². The molecule has 1 rings (SSSR count). The number of phosphoric acid groups is 1. The zero-order valence-electron chi connectivity index (χ0n) is 46.0. The van der Waals surface area contributed by atoms with Gasteiger partial charge in [0.15, 0.2) is 0 Å². The van der Waals surface area contributed by atoms with E-state index in [2.05, 4.69) is 50.3 Å². The van der Waals surface area contributed by atoms with E-state index in [1.54, 1.807) is 0 Å². The Bertz CT molecular complexity index is 1330. The summed E-state index contributed by atoms with van der Waals surface area (Å²) in [4.78, 5) is 23.3. The Morgan fingerprint density at radius 1 is 0.444 bits per heavy atom. The average molecular weight is 1040 g/mol. The minimum absolute atomic E-state index is 0.0803. The van der Waals surface area contributed by atoms with Gasteiger partial charge in [0.05, 0.1) is 13.2 Å². The lowest BCUT2D eigenvalue weighted by atomic mass is 9.85. The molecule has 0 bridgehead atoms. The van der Waals surface area contributed by atoms with Gasteiger partial charge < -0.3 is 39.9 Å². The number of esters is 1. The molecule has 6 atom stereocenters. The van der Waals surface area contributed by atoms with Crippen molar-refractivity contribution < 1.29 is 58.3 Å². The molecule has 0 radical (unpaired) electrons. The Balaban J connectivity index is 2.27. The lowest BCUT2D eigenvalue weighted by molar-refractivity contribution is -0.220. The zero-order chi connectivity index (χ0) is 52.6. The number of aliphatic hydroxyl groups excluding tert-OH is 5. The molecule has 6 unspecified atom stereocenters. The molecule has 0 heterocycles. The summed E-state index contributed by atoms with van der Waals surface area (Å²) in [6, 6.07) is 0. The van der Waals surface area contributed by atoms with Gasteiger partial charge in [-0.15, -0.1) is 0 Å². The second-order valence-electron chi connectivity index (χ2n) is 20.9. The first-order chi connectivity index (χ1) is 35.0. The molecule has 0 aromatic carbocycles. The van der Waals surface area contributed by atoms with Crippen LogP contribution < -0.4 is 0 Å². The van der Waals surface area contributed by atoms with E-state index >= 15 is 0 Å². The van der Waals surface area contributed by atoms with Gasteiger partial charge in [-0.05, 0) is 51.4 Å². The van der Waals surface area contributed by atoms with E-state index in [9.17, 15) is 39.8 Å². The van der Waals surface area contributed by atoms with E-state index in [-0.39, 0.29) is 13.0 Å². The smallest absolute Gasteiger partial charge is 0.457 e. The van der Waals surface area contributed by atoms with Crippen LogP contribution in [0.15, 0.2) is 36.5 Å². The van der Waals surface area contributed by atoms with Crippen molar-refractivity contribution in [1.29, 1.82) is 0 Å². The van der Waals surface area contributed by atoms with Crippen LogP contribution >= 0.6 is 7.82 Å². The molecule has 72 heavy (non-hydrogen) atoms. The fraction of sp³-hybridized carbons (Fsp3) is 0.881. The minimum atomic E-state index is -5.03. The van der Waals surface area contributed by atoms with E-state index in [1.165, 1.54) is 180 Å². The maximum atomic E-state index is 12.9. The van der Waals surface area contributed by atoms with Gasteiger partial charge in [-0.25, -0.2) is 4.57 Å². The third-order valence-corrected chi connectivity index (χ3v) is 15.0. The normalized spacial score (nSPS) is 20.8. The van der Waals surface area contributed by atoms with E-state index < -0.39 is 63.1 Å². The first-order valence-electron chi connectivity index (χ1n) is 29.8. The lowest BCUT2D eigenvalue weighted by Crippen LogP contribution is -2.64. The van der Waals surface area contributed by atoms with Crippen LogP contribution in [0.1, 0.15) is 271 Å². The van der Waals surface area contributed by atoms with Crippen LogP contribution in [0.25, 0.3) is 0 Å². The molecule has 0 spiro atoms. The van der Waals surface area contributed by atoms with Crippen LogP contribution in [0.3, 0.4) is 0 Å². The summed E-state index contributed by atoms with van der Waals surface area (Å²) in [5.74, 6) is -0.475. The maximum absolute atomic E-state index is 12.9. The van der Waals surface area contributed by atoms with Crippen LogP contribution in [-0.2, 0) is 27.9 Å². The Morgan fingerprint density at radius 3 is 1.18 bits per heavy atom. The van der Waals surface area contributed by atoms with Gasteiger partial charge in [0.2, 0.25) is 0 Å². The molecule has 424 valence electrons. The van der Waals surface area contributed by atoms with Crippen molar-refractivity contribution in [2.75, 3.05) is 19.8 Å². The third-order valence-electron chi connectivity index (χ3n) is 14.0. The number of allylic oxidation sites excluding steroid dienone is 6. The molecule has 0 aromatic rings. The van der Waals surface area contributed by atoms with E-state index in [0.717, 1.165) is 64.2 Å². The molecule has 1 aliphatic carbocycles. The van der Waals surface area contributed by atoms with Gasteiger partial charge in [-0.1, -0.05) is 249 Å². The van der Waals surface area contributed by atoms with Crippen molar-refractivity contribution in [2.45, 2.75) is 313 Å². The van der Waals surface area contributed by atoms with Crippen LogP contribution in [0.5, 0.6) is 0 Å². The first kappa shape index (κ1) is 68.6. The number of phosphoric ester groups is 1. The zero-order valence-corrected chi connectivity index (χ0v) is 46.9. The van der Waals surface area contributed by atoms with Gasteiger partial charge >= 0.3 is 13.8 Å². The summed E-state index contributed by atoms with van der Waals surface area (Å²) in [7, 11) is -5.03. The van der Waals surface area contributed by atoms with Crippen molar-refractivity contribution in [1.82, 2.24) is 0 Å². The highest BCUT2D eigenvalue weighted by Gasteiger charge is 2.51. The molecule has 13 heteroatoms. The Kier molecular flexibility index (Phi) is 46.8. The second-order valence-corrected chi connectivity index (χ2v) is 22.3. The Morgan fingerprint density at radius 2 is 0.778 bits per heavy atom. The largest absolute Gasteiger partial charge is 0.472 e. The average Bonchev–Trinajstić information content (AvgIpc) is 3.37. The highest BCUT2D eigenvalue weighted by Crippen LogP contribution is 2.47. The maximum Gasteiger partial charge on any atom is 0.472 e. The van der Waals surface area contributed by atoms with Crippen LogP contribution in [0.4, 0.5) is 0 Å². The van der Waals surface area contributed by atoms with Crippen molar-refractivity contribution >= 4 is 13.8 Å². The van der Waals surface area contributed by atoms with Crippen LogP contribution in [-0.4, -0.2) is 98.9 Å². The molecular weight excluding hydrogens is 932 g/mol. The highest BCUT2D eigenvalue weighted by molar-refractivity contribution is 7.47. The van der Waals surface area contributed by atoms with Crippen molar-refractivity contribution in [3.63, 3.8) is 0 Å². The van der Waals surface area contributed by atoms with Gasteiger partial charge in [0.1, 0.15) is 42.7 Å². The van der Waals surface area contributed by atoms with Crippen molar-refractivity contribution in [3.05, 3.63) is 36.5 Å². The topological polar surface area (TPSA) is 192 Å². The molecule has 1 saturated carbocycles. The SMILES string of the molecule is CCCCCCC/C=C\C/C=C\C/C=C\CCCCCCCCCOCC(COP(=O)(O)OC1C(O)C(O)C(O)C(O)C1O)OC(=O)CCCCCCCCCCCCCCCCCCCCCCCCC. The standard InChI is InChI=1S/C59H111O12P/c1-3-5-7-9-11-13-15-17-19-21-23-25-27-28-30-32-34-36-38-40-42-44-46-48-53(60)70-52(51-69-72(66,67)71-59-57(64)55(62)54(61)56(63)58(59)65)50-68-49-47-45-43-41-39-37-35-33-31-29-26-24-22-20-18-16-14-12-10-8-6-4-2/h16,18,22,24,29,31,52,54-59,61-65H,3-15,17,19-21,23,25-28,30,32-51H2,1-2H3,(H,66,67)/b18-16-,24-22-,31-29-. The van der Waals surface area contributed by atoms with Gasteiger partial charge in [-0.3, -0.25) is 13.8 Å². The first-order valence-corrected chi connectivity index (χ1v) is 31.3. The van der Waals surface area contributed by atoms with Crippen LogP contribution in [0.2, 0.25) is 0 Å². The monoisotopic (exact) mass is 1040 g/mol. The Labute approximate surface area is 440 Å². The number of unbranched alkanes of at least 4 members (excludes halogenated alkanes) is 34. The van der Waals surface area contributed by atoms with Gasteiger partial charge in [0, 0.05) is 13.0 Å². The molecule has 12 nitrogen and oxygen atoms in total. The van der Waals surface area contributed by atoms with E-state index in [4.69, 9.17) is 18.5 Å². The number of carbonyl (C=O) groups is 1. The molecule has 0 aromatic heterocycles. The summed E-state index contributed by atoms with van der Waals surface area (Å²) in [5.41, 5.74) is 0. The Hall–Kier alpha value is -1.44. The fourth-order valence-corrected chi connectivity index (χ4v) is 10.3. The van der Waals surface area contributed by atoms with E-state index in [0.29, 0.717) is 13.0 Å². The lowest BCUT2D eigenvalue weighted by Gasteiger charge is -2.41. The van der Waals surface area contributed by atoms with Gasteiger partial charge in [-0.2, -0.15) is 0 Å². The van der Waals surface area contributed by atoms with Crippen molar-refractivity contribution in [3.8, 4) is 0 Å². The van der Waals surface area contributed by atoms with E-state index in [1.807, 2.05) is 0 Å². The number of hydrogen-bond donors (Lipinski definition) is 6. The molecular formula is C59H111O12P. The predicted octanol–water partition coefficient (Wildman–Crippen LogP) is 14.5. The summed E-state index contributed by atoms with van der Waals surface area (Å²) in [6.45, 7) is 4.28. The quantitative estimate of drug-likeness (QED) is 0.0146. The third kappa shape index (κ3) is 39.9. The molecule has 0 aliphatic heterocycles. The number of aliphatic hydroxyl groups is 5. The summed E-state index contributed by atoms with van der Waals surface area (Å²) >= 11 is 0. The number of rotatable bonds is 52. The molecule has 6 N–H and O–H groups in total. The highest BCUT2D eigenvalue weighted by atomic mass is 31.2. The van der Waals surface area contributed by atoms with Crippen LogP contribution in [0, 0.1) is 0 Å². The minimum Gasteiger partial charge on any atom is -0.457 e. The predicted molar refractivity (Wildman–Crippen MR) is 295 cm³/mol. The fourth-order valence-electron chi connectivity index (χ4n) is 9.31. The number of carbonyl (C=O) groups excluding carboxylic acids is 1. The molecule has 0 saturated heterocycles. The number of hydrogen-bond acceptors (Lipinski definition) is 11. The van der Waals surface area contributed by atoms with Crippen molar-refractivity contribution in [2.24, 2.45) is 0 Å². The molecule has 1 fully saturated rings. The summed E-state index contributed by atoms with van der Waals surface area (Å²) in [5, 5.41) is 50.5. The summed E-state index contributed by atoms with van der Waals surface area (Å²) in [6.07, 6.45) is 49.3. The second kappa shape index (κ2) is 49.2. The number of ether oxygens (including phenoxy) is 2. The molecule has 0 amide bonds. The molecule has 1 aliphatic rings.